The Balaban J connectivity index is 1.73. The van der Waals surface area contributed by atoms with Crippen LogP contribution in [0, 0.1) is 0 Å². The van der Waals surface area contributed by atoms with Gasteiger partial charge in [0.25, 0.3) is 0 Å². The number of nitrogens with zero attached hydrogens (tertiary/aromatic N) is 1. The molecular formula is C22H19NO. The summed E-state index contributed by atoms with van der Waals surface area (Å²) in [5.74, 6) is 0. The van der Waals surface area contributed by atoms with E-state index in [4.69, 9.17) is 4.84 Å². The van der Waals surface area contributed by atoms with Crippen LogP contribution in [0.25, 0.3) is 0 Å². The molecule has 3 aromatic rings. The SMILES string of the molecule is C1=CC(c2ccccc2)N(c2ccccc2)OC1c1ccccc1. The summed E-state index contributed by atoms with van der Waals surface area (Å²) in [6.45, 7) is 0. The van der Waals surface area contributed by atoms with Crippen LogP contribution in [0.2, 0.25) is 0 Å². The number of hydroxylamine groups is 1. The van der Waals surface area contributed by atoms with Crippen LogP contribution in [0.4, 0.5) is 5.69 Å². The van der Waals surface area contributed by atoms with Crippen LogP contribution in [-0.2, 0) is 4.84 Å². The summed E-state index contributed by atoms with van der Waals surface area (Å²) in [6, 6.07) is 31.1. The highest BCUT2D eigenvalue weighted by Gasteiger charge is 2.27. The fourth-order valence-corrected chi connectivity index (χ4v) is 3.02. The molecular weight excluding hydrogens is 294 g/mol. The molecule has 0 aliphatic carbocycles. The first-order chi connectivity index (χ1) is 11.9. The van der Waals surface area contributed by atoms with Gasteiger partial charge in [0.2, 0.25) is 0 Å². The number of anilines is 1. The van der Waals surface area contributed by atoms with Gasteiger partial charge in [-0.15, -0.1) is 0 Å². The van der Waals surface area contributed by atoms with E-state index in [1.807, 2.05) is 47.5 Å². The van der Waals surface area contributed by atoms with Gasteiger partial charge in [0.1, 0.15) is 6.10 Å². The van der Waals surface area contributed by atoms with E-state index in [0.717, 1.165) is 11.3 Å². The highest BCUT2D eigenvalue weighted by Crippen LogP contribution is 2.36. The van der Waals surface area contributed by atoms with E-state index in [9.17, 15) is 0 Å². The number of para-hydroxylation sites is 1. The van der Waals surface area contributed by atoms with Crippen molar-refractivity contribution in [1.29, 1.82) is 0 Å². The van der Waals surface area contributed by atoms with Gasteiger partial charge in [0.05, 0.1) is 11.7 Å². The highest BCUT2D eigenvalue weighted by atomic mass is 16.7. The summed E-state index contributed by atoms with van der Waals surface area (Å²) in [7, 11) is 0. The molecule has 0 fully saturated rings. The highest BCUT2D eigenvalue weighted by molar-refractivity contribution is 5.49. The number of rotatable bonds is 3. The Labute approximate surface area is 142 Å². The van der Waals surface area contributed by atoms with Crippen molar-refractivity contribution in [3.05, 3.63) is 114 Å². The third kappa shape index (κ3) is 2.97. The largest absolute Gasteiger partial charge is 0.260 e. The van der Waals surface area contributed by atoms with Crippen LogP contribution >= 0.6 is 0 Å². The van der Waals surface area contributed by atoms with E-state index in [0.29, 0.717) is 0 Å². The fraction of sp³-hybridized carbons (Fsp3) is 0.0909. The summed E-state index contributed by atoms with van der Waals surface area (Å²) in [6.07, 6.45) is 4.29. The molecule has 2 heteroatoms. The van der Waals surface area contributed by atoms with E-state index < -0.39 is 0 Å². The topological polar surface area (TPSA) is 12.5 Å². The van der Waals surface area contributed by atoms with Gasteiger partial charge in [-0.1, -0.05) is 91.0 Å². The summed E-state index contributed by atoms with van der Waals surface area (Å²) in [4.78, 5) is 6.37. The lowest BCUT2D eigenvalue weighted by Crippen LogP contribution is -2.32. The van der Waals surface area contributed by atoms with Crippen molar-refractivity contribution in [1.82, 2.24) is 0 Å². The quantitative estimate of drug-likeness (QED) is 0.594. The monoisotopic (exact) mass is 313 g/mol. The second-order valence-electron chi connectivity index (χ2n) is 5.84. The van der Waals surface area contributed by atoms with Crippen LogP contribution < -0.4 is 5.06 Å². The third-order valence-electron chi connectivity index (χ3n) is 4.23. The molecule has 0 N–H and O–H groups in total. The zero-order valence-electron chi connectivity index (χ0n) is 13.3. The molecule has 0 radical (unpaired) electrons. The maximum atomic E-state index is 6.37. The molecule has 4 rings (SSSR count). The molecule has 0 bridgehead atoms. The van der Waals surface area contributed by atoms with E-state index in [2.05, 4.69) is 60.7 Å². The number of hydrogen-bond donors (Lipinski definition) is 0. The maximum absolute atomic E-state index is 6.37. The minimum Gasteiger partial charge on any atom is -0.260 e. The predicted molar refractivity (Wildman–Crippen MR) is 97.5 cm³/mol. The summed E-state index contributed by atoms with van der Waals surface area (Å²) < 4.78 is 0. The Bertz CT molecular complexity index is 799. The Morgan fingerprint density at radius 1 is 0.583 bits per heavy atom. The lowest BCUT2D eigenvalue weighted by molar-refractivity contribution is 0.0402. The van der Waals surface area contributed by atoms with E-state index in [-0.39, 0.29) is 12.1 Å². The average molecular weight is 313 g/mol. The van der Waals surface area contributed by atoms with E-state index in [1.165, 1.54) is 5.56 Å². The van der Waals surface area contributed by atoms with Crippen molar-refractivity contribution in [3.63, 3.8) is 0 Å². The zero-order valence-corrected chi connectivity index (χ0v) is 13.3. The van der Waals surface area contributed by atoms with Gasteiger partial charge >= 0.3 is 0 Å². The molecule has 1 heterocycles. The molecule has 24 heavy (non-hydrogen) atoms. The van der Waals surface area contributed by atoms with Gasteiger partial charge in [-0.25, -0.2) is 5.06 Å². The molecule has 2 unspecified atom stereocenters. The average Bonchev–Trinajstić information content (AvgIpc) is 2.69. The molecule has 118 valence electrons. The van der Waals surface area contributed by atoms with Crippen LogP contribution in [0.3, 0.4) is 0 Å². The number of benzene rings is 3. The Morgan fingerprint density at radius 3 is 1.75 bits per heavy atom. The van der Waals surface area contributed by atoms with Crippen molar-refractivity contribution in [2.45, 2.75) is 12.1 Å². The predicted octanol–water partition coefficient (Wildman–Crippen LogP) is 5.48. The minimum absolute atomic E-state index is 0.0635. The summed E-state index contributed by atoms with van der Waals surface area (Å²) in [5, 5.41) is 2.01. The second-order valence-corrected chi connectivity index (χ2v) is 5.84. The fourth-order valence-electron chi connectivity index (χ4n) is 3.02. The standard InChI is InChI=1S/C22H19NO/c1-4-10-18(11-5-1)21-16-17-22(19-12-6-2-7-13-19)24-23(21)20-14-8-3-9-15-20/h1-17,21-22H. The van der Waals surface area contributed by atoms with Crippen molar-refractivity contribution in [2.75, 3.05) is 5.06 Å². The lowest BCUT2D eigenvalue weighted by atomic mass is 10.0. The molecule has 1 aliphatic rings. The van der Waals surface area contributed by atoms with E-state index in [1.54, 1.807) is 0 Å². The second kappa shape index (κ2) is 6.73. The lowest BCUT2D eigenvalue weighted by Gasteiger charge is -2.37. The molecule has 0 spiro atoms. The molecule has 1 aliphatic heterocycles. The first-order valence-corrected chi connectivity index (χ1v) is 8.21. The molecule has 0 amide bonds. The van der Waals surface area contributed by atoms with Gasteiger partial charge in [0, 0.05) is 0 Å². The van der Waals surface area contributed by atoms with Crippen LogP contribution in [0.5, 0.6) is 0 Å². The van der Waals surface area contributed by atoms with Crippen molar-refractivity contribution in [2.24, 2.45) is 0 Å². The molecule has 0 saturated heterocycles. The van der Waals surface area contributed by atoms with Crippen molar-refractivity contribution >= 4 is 5.69 Å². The van der Waals surface area contributed by atoms with E-state index >= 15 is 0 Å². The van der Waals surface area contributed by atoms with Crippen LogP contribution in [-0.4, -0.2) is 0 Å². The summed E-state index contributed by atoms with van der Waals surface area (Å²) >= 11 is 0. The van der Waals surface area contributed by atoms with Gasteiger partial charge in [-0.05, 0) is 23.3 Å². The zero-order chi connectivity index (χ0) is 16.2. The third-order valence-corrected chi connectivity index (χ3v) is 4.23. The Hall–Kier alpha value is -2.84. The van der Waals surface area contributed by atoms with Crippen molar-refractivity contribution in [3.8, 4) is 0 Å². The smallest absolute Gasteiger partial charge is 0.129 e. The van der Waals surface area contributed by atoms with Gasteiger partial charge in [0.15, 0.2) is 0 Å². The molecule has 2 atom stereocenters. The summed E-state index contributed by atoms with van der Waals surface area (Å²) in [5.41, 5.74) is 3.42. The minimum atomic E-state index is -0.0774. The maximum Gasteiger partial charge on any atom is 0.129 e. The molecule has 3 aromatic carbocycles. The van der Waals surface area contributed by atoms with Crippen LogP contribution in [0.15, 0.2) is 103 Å². The number of hydrogen-bond acceptors (Lipinski definition) is 2. The Morgan fingerprint density at radius 2 is 1.12 bits per heavy atom. The Kier molecular flexibility index (Phi) is 4.13. The molecule has 0 saturated carbocycles. The first-order valence-electron chi connectivity index (χ1n) is 8.21. The van der Waals surface area contributed by atoms with Gasteiger partial charge < -0.3 is 0 Å². The normalized spacial score (nSPS) is 20.1. The van der Waals surface area contributed by atoms with Gasteiger partial charge in [-0.3, -0.25) is 4.84 Å². The van der Waals surface area contributed by atoms with Crippen molar-refractivity contribution < 1.29 is 4.84 Å². The van der Waals surface area contributed by atoms with Gasteiger partial charge in [-0.2, -0.15) is 0 Å². The van der Waals surface area contributed by atoms with Crippen LogP contribution in [0.1, 0.15) is 23.3 Å². The molecule has 0 aromatic heterocycles. The first kappa shape index (κ1) is 14.7. The molecule has 2 nitrogen and oxygen atoms in total.